The minimum Gasteiger partial charge on any atom is -0.139 e. The van der Waals surface area contributed by atoms with E-state index in [4.69, 9.17) is 0 Å². The zero-order valence-electron chi connectivity index (χ0n) is 8.40. The van der Waals surface area contributed by atoms with Crippen molar-refractivity contribution in [2.75, 3.05) is 0 Å². The van der Waals surface area contributed by atoms with E-state index in [-0.39, 0.29) is 0 Å². The van der Waals surface area contributed by atoms with Crippen LogP contribution in [0, 0.1) is 6.92 Å². The van der Waals surface area contributed by atoms with Crippen LogP contribution in [-0.4, -0.2) is 0 Å². The number of hydrogen-bond acceptors (Lipinski definition) is 1. The van der Waals surface area contributed by atoms with E-state index in [1.807, 2.05) is 25.2 Å². The van der Waals surface area contributed by atoms with Gasteiger partial charge in [0.2, 0.25) is 0 Å². The Morgan fingerprint density at radius 2 is 1.79 bits per heavy atom. The number of thiophene rings is 1. The zero-order chi connectivity index (χ0) is 10.7. The van der Waals surface area contributed by atoms with E-state index in [9.17, 15) is 0 Å². The maximum Gasteiger partial charge on any atom is 0.0390 e. The van der Waals surface area contributed by atoms with Gasteiger partial charge in [-0.1, -0.05) is 35.8 Å². The van der Waals surface area contributed by atoms with Crippen LogP contribution in [0.15, 0.2) is 27.1 Å². The molecular formula is C11H12Br2S. The van der Waals surface area contributed by atoms with Gasteiger partial charge in [-0.15, -0.1) is 11.3 Å². The van der Waals surface area contributed by atoms with Crippen molar-refractivity contribution < 1.29 is 0 Å². The Morgan fingerprint density at radius 1 is 1.14 bits per heavy atom. The van der Waals surface area contributed by atoms with Gasteiger partial charge < -0.3 is 0 Å². The summed E-state index contributed by atoms with van der Waals surface area (Å²) in [6.07, 6.45) is 0. The van der Waals surface area contributed by atoms with Gasteiger partial charge >= 0.3 is 0 Å². The highest BCUT2D eigenvalue weighted by Gasteiger charge is 2.05. The summed E-state index contributed by atoms with van der Waals surface area (Å²) < 4.78 is 3.70. The second kappa shape index (κ2) is 5.29. The number of halogens is 2. The van der Waals surface area contributed by atoms with E-state index in [1.165, 1.54) is 19.4 Å². The Balaban J connectivity index is 0.000000461. The van der Waals surface area contributed by atoms with Crippen molar-refractivity contribution in [3.05, 3.63) is 32.0 Å². The Kier molecular flexibility index (Phi) is 4.61. The maximum absolute atomic E-state index is 3.57. The number of aryl methyl sites for hydroxylation is 1. The summed E-state index contributed by atoms with van der Waals surface area (Å²) in [5.74, 6) is 0. The van der Waals surface area contributed by atoms with Gasteiger partial charge in [-0.2, -0.15) is 0 Å². The lowest BCUT2D eigenvalue weighted by molar-refractivity contribution is 1.50. The first-order valence-corrected chi connectivity index (χ1v) is 6.93. The van der Waals surface area contributed by atoms with E-state index < -0.39 is 0 Å². The van der Waals surface area contributed by atoms with E-state index in [2.05, 4.69) is 57.0 Å². The van der Waals surface area contributed by atoms with Crippen LogP contribution >= 0.6 is 43.2 Å². The number of fused-ring (bicyclic) bond motifs is 1. The summed E-state index contributed by atoms with van der Waals surface area (Å²) in [7, 11) is 0. The molecule has 0 saturated carbocycles. The minimum atomic E-state index is 1.14. The van der Waals surface area contributed by atoms with Crippen molar-refractivity contribution >= 4 is 53.3 Å². The highest BCUT2D eigenvalue weighted by Crippen LogP contribution is 2.36. The zero-order valence-corrected chi connectivity index (χ0v) is 12.4. The van der Waals surface area contributed by atoms with Crippen LogP contribution in [-0.2, 0) is 0 Å². The van der Waals surface area contributed by atoms with E-state index in [0.717, 1.165) is 4.47 Å². The summed E-state index contributed by atoms with van der Waals surface area (Å²) in [6, 6.07) is 6.35. The highest BCUT2D eigenvalue weighted by molar-refractivity contribution is 9.11. The Labute approximate surface area is 106 Å². The van der Waals surface area contributed by atoms with Crippen LogP contribution in [0.4, 0.5) is 0 Å². The molecule has 0 atom stereocenters. The van der Waals surface area contributed by atoms with Crippen molar-refractivity contribution in [1.82, 2.24) is 0 Å². The molecule has 76 valence electrons. The molecule has 0 fully saturated rings. The molecule has 0 saturated heterocycles. The Morgan fingerprint density at radius 3 is 2.43 bits per heavy atom. The molecular weight excluding hydrogens is 324 g/mol. The highest BCUT2D eigenvalue weighted by atomic mass is 79.9. The maximum atomic E-state index is 3.57. The molecule has 0 bridgehead atoms. The molecule has 0 unspecified atom stereocenters. The first-order valence-electron chi connectivity index (χ1n) is 4.52. The molecule has 1 aromatic carbocycles. The molecule has 0 spiro atoms. The van der Waals surface area contributed by atoms with Gasteiger partial charge in [-0.05, 0) is 35.0 Å². The Bertz CT molecular complexity index is 432. The quantitative estimate of drug-likeness (QED) is 0.574. The first-order chi connectivity index (χ1) is 6.68. The van der Waals surface area contributed by atoms with Crippen LogP contribution in [0.3, 0.4) is 0 Å². The predicted molar refractivity (Wildman–Crippen MR) is 73.3 cm³/mol. The van der Waals surface area contributed by atoms with Crippen LogP contribution in [0.2, 0.25) is 0 Å². The van der Waals surface area contributed by atoms with Gasteiger partial charge in [0, 0.05) is 23.9 Å². The van der Waals surface area contributed by atoms with Gasteiger partial charge in [0.25, 0.3) is 0 Å². The molecule has 2 aromatic rings. The third-order valence-corrected chi connectivity index (χ3v) is 4.60. The smallest absolute Gasteiger partial charge is 0.0390 e. The molecule has 2 rings (SSSR count). The fourth-order valence-corrected chi connectivity index (χ4v) is 3.39. The second-order valence-corrected chi connectivity index (χ2v) is 5.58. The van der Waals surface area contributed by atoms with Crippen LogP contribution in [0.5, 0.6) is 0 Å². The average molecular weight is 336 g/mol. The summed E-state index contributed by atoms with van der Waals surface area (Å²) in [4.78, 5) is 1.34. The molecule has 1 heterocycles. The SMILES string of the molecule is CC.Cc1sc2cc(Br)ccc2c1Br. The molecule has 3 heteroatoms. The number of rotatable bonds is 0. The van der Waals surface area contributed by atoms with Crippen LogP contribution in [0.25, 0.3) is 10.1 Å². The van der Waals surface area contributed by atoms with Crippen molar-refractivity contribution in [1.29, 1.82) is 0 Å². The van der Waals surface area contributed by atoms with Crippen molar-refractivity contribution in [2.24, 2.45) is 0 Å². The largest absolute Gasteiger partial charge is 0.139 e. The topological polar surface area (TPSA) is 0 Å². The van der Waals surface area contributed by atoms with Crippen molar-refractivity contribution in [3.8, 4) is 0 Å². The lowest BCUT2D eigenvalue weighted by atomic mass is 10.2. The summed E-state index contributed by atoms with van der Waals surface area (Å²) >= 11 is 8.84. The van der Waals surface area contributed by atoms with Gasteiger partial charge in [-0.3, -0.25) is 0 Å². The average Bonchev–Trinajstić information content (AvgIpc) is 2.45. The lowest BCUT2D eigenvalue weighted by Gasteiger charge is -1.90. The van der Waals surface area contributed by atoms with E-state index >= 15 is 0 Å². The molecule has 0 radical (unpaired) electrons. The summed E-state index contributed by atoms with van der Waals surface area (Å²) in [5.41, 5.74) is 0. The van der Waals surface area contributed by atoms with Crippen molar-refractivity contribution in [3.63, 3.8) is 0 Å². The molecule has 1 aromatic heterocycles. The molecule has 0 aliphatic carbocycles. The van der Waals surface area contributed by atoms with E-state index in [1.54, 1.807) is 0 Å². The lowest BCUT2D eigenvalue weighted by Crippen LogP contribution is -1.65. The first kappa shape index (κ1) is 12.2. The van der Waals surface area contributed by atoms with Gasteiger partial charge in [0.05, 0.1) is 0 Å². The third kappa shape index (κ3) is 2.38. The monoisotopic (exact) mass is 334 g/mol. The minimum absolute atomic E-state index is 1.14. The fraction of sp³-hybridized carbons (Fsp3) is 0.273. The molecule has 0 amide bonds. The number of hydrogen-bond donors (Lipinski definition) is 0. The summed E-state index contributed by atoms with van der Waals surface area (Å²) in [6.45, 7) is 6.13. The molecule has 0 aliphatic rings. The summed E-state index contributed by atoms with van der Waals surface area (Å²) in [5, 5.41) is 1.31. The fourth-order valence-electron chi connectivity index (χ4n) is 1.16. The normalized spacial score (nSPS) is 9.79. The van der Waals surface area contributed by atoms with Crippen molar-refractivity contribution in [2.45, 2.75) is 20.8 Å². The molecule has 0 nitrogen and oxygen atoms in total. The molecule has 0 aliphatic heterocycles. The number of benzene rings is 1. The standard InChI is InChI=1S/C9H6Br2S.C2H6/c1-5-9(11)7-3-2-6(10)4-8(7)12-5;1-2/h2-4H,1H3;1-2H3. The van der Waals surface area contributed by atoms with Gasteiger partial charge in [0.15, 0.2) is 0 Å². The van der Waals surface area contributed by atoms with Gasteiger partial charge in [0.1, 0.15) is 0 Å². The van der Waals surface area contributed by atoms with Gasteiger partial charge in [-0.25, -0.2) is 0 Å². The Hall–Kier alpha value is 0.140. The molecule has 14 heavy (non-hydrogen) atoms. The second-order valence-electron chi connectivity index (χ2n) is 2.61. The molecule has 0 N–H and O–H groups in total. The van der Waals surface area contributed by atoms with Crippen LogP contribution < -0.4 is 0 Å². The van der Waals surface area contributed by atoms with E-state index in [0.29, 0.717) is 0 Å². The van der Waals surface area contributed by atoms with Crippen LogP contribution in [0.1, 0.15) is 18.7 Å². The predicted octanol–water partition coefficient (Wildman–Crippen LogP) is 5.76. The third-order valence-electron chi connectivity index (χ3n) is 1.75.